The van der Waals surface area contributed by atoms with E-state index < -0.39 is 0 Å². The molecule has 1 heterocycles. The van der Waals surface area contributed by atoms with Gasteiger partial charge in [0.2, 0.25) is 0 Å². The normalized spacial score (nSPS) is 19.2. The van der Waals surface area contributed by atoms with E-state index in [4.69, 9.17) is 17.3 Å². The number of aromatic nitrogens is 2. The Morgan fingerprint density at radius 2 is 2.12 bits per heavy atom. The van der Waals surface area contributed by atoms with Crippen LogP contribution in [0.2, 0.25) is 5.02 Å². The molecule has 0 amide bonds. The highest BCUT2D eigenvalue weighted by Gasteiger charge is 2.44. The van der Waals surface area contributed by atoms with Gasteiger partial charge >= 0.3 is 0 Å². The molecule has 2 rings (SSSR count). The SMILES string of the molecule is CC(N(C)c1ncnc(N)c1Cl)C1(C)CC1. The number of nitrogen functional groups attached to an aromatic ring is 1. The van der Waals surface area contributed by atoms with Crippen LogP contribution < -0.4 is 10.6 Å². The number of halogens is 1. The van der Waals surface area contributed by atoms with Gasteiger partial charge in [0.15, 0.2) is 5.82 Å². The molecular formula is C11H17ClN4. The van der Waals surface area contributed by atoms with Crippen molar-refractivity contribution in [2.24, 2.45) is 5.41 Å². The summed E-state index contributed by atoms with van der Waals surface area (Å²) in [7, 11) is 2.00. The van der Waals surface area contributed by atoms with Gasteiger partial charge in [-0.2, -0.15) is 0 Å². The van der Waals surface area contributed by atoms with Crippen molar-refractivity contribution in [2.45, 2.75) is 32.7 Å². The monoisotopic (exact) mass is 240 g/mol. The molecule has 1 atom stereocenters. The lowest BCUT2D eigenvalue weighted by molar-refractivity contribution is 0.445. The average Bonchev–Trinajstić information content (AvgIpc) is 3.00. The summed E-state index contributed by atoms with van der Waals surface area (Å²) in [5.41, 5.74) is 6.06. The average molecular weight is 241 g/mol. The third-order valence-electron chi connectivity index (χ3n) is 3.76. The maximum absolute atomic E-state index is 6.11. The zero-order valence-electron chi connectivity index (χ0n) is 9.87. The van der Waals surface area contributed by atoms with Gasteiger partial charge in [-0.15, -0.1) is 0 Å². The first-order chi connectivity index (χ1) is 7.46. The molecular weight excluding hydrogens is 224 g/mol. The third kappa shape index (κ3) is 1.82. The van der Waals surface area contributed by atoms with Gasteiger partial charge in [0.05, 0.1) is 0 Å². The molecule has 1 aromatic rings. The summed E-state index contributed by atoms with van der Waals surface area (Å²) in [4.78, 5) is 10.2. The maximum Gasteiger partial charge on any atom is 0.153 e. The summed E-state index contributed by atoms with van der Waals surface area (Å²) in [6, 6.07) is 0.402. The number of anilines is 2. The Kier molecular flexibility index (Phi) is 2.70. The fourth-order valence-corrected chi connectivity index (χ4v) is 2.12. The van der Waals surface area contributed by atoms with E-state index in [1.165, 1.54) is 19.2 Å². The summed E-state index contributed by atoms with van der Waals surface area (Å²) in [6.45, 7) is 4.48. The largest absolute Gasteiger partial charge is 0.382 e. The molecule has 2 N–H and O–H groups in total. The second kappa shape index (κ2) is 3.77. The molecule has 0 saturated heterocycles. The van der Waals surface area contributed by atoms with E-state index >= 15 is 0 Å². The van der Waals surface area contributed by atoms with Gasteiger partial charge in [0.1, 0.15) is 17.2 Å². The molecule has 88 valence electrons. The first kappa shape index (κ1) is 11.5. The van der Waals surface area contributed by atoms with Gasteiger partial charge in [0.25, 0.3) is 0 Å². The van der Waals surface area contributed by atoms with Gasteiger partial charge in [-0.1, -0.05) is 18.5 Å². The van der Waals surface area contributed by atoms with Crippen molar-refractivity contribution in [2.75, 3.05) is 17.7 Å². The fourth-order valence-electron chi connectivity index (χ4n) is 1.89. The first-order valence-corrected chi connectivity index (χ1v) is 5.82. The second-order valence-electron chi connectivity index (χ2n) is 4.84. The summed E-state index contributed by atoms with van der Waals surface area (Å²) < 4.78 is 0. The van der Waals surface area contributed by atoms with E-state index in [0.717, 1.165) is 5.82 Å². The molecule has 1 aliphatic carbocycles. The van der Waals surface area contributed by atoms with E-state index in [-0.39, 0.29) is 0 Å². The van der Waals surface area contributed by atoms with Crippen LogP contribution in [-0.2, 0) is 0 Å². The lowest BCUT2D eigenvalue weighted by atomic mass is 9.99. The highest BCUT2D eigenvalue weighted by Crippen LogP contribution is 2.50. The van der Waals surface area contributed by atoms with Crippen LogP contribution in [0.15, 0.2) is 6.33 Å². The topological polar surface area (TPSA) is 55.0 Å². The molecule has 0 radical (unpaired) electrons. The van der Waals surface area contributed by atoms with Crippen LogP contribution in [-0.4, -0.2) is 23.1 Å². The minimum absolute atomic E-state index is 0.340. The van der Waals surface area contributed by atoms with E-state index in [0.29, 0.717) is 22.3 Å². The van der Waals surface area contributed by atoms with E-state index in [1.807, 2.05) is 7.05 Å². The lowest BCUT2D eigenvalue weighted by Gasteiger charge is -2.31. The molecule has 16 heavy (non-hydrogen) atoms. The molecule has 1 unspecified atom stereocenters. The van der Waals surface area contributed by atoms with Gasteiger partial charge in [-0.3, -0.25) is 0 Å². The van der Waals surface area contributed by atoms with Crippen LogP contribution in [0.4, 0.5) is 11.6 Å². The number of rotatable bonds is 3. The second-order valence-corrected chi connectivity index (χ2v) is 5.22. The first-order valence-electron chi connectivity index (χ1n) is 5.44. The molecule has 0 bridgehead atoms. The Bertz CT molecular complexity index is 403. The molecule has 1 aromatic heterocycles. The molecule has 5 heteroatoms. The van der Waals surface area contributed by atoms with Crippen LogP contribution >= 0.6 is 11.6 Å². The molecule has 1 aliphatic rings. The van der Waals surface area contributed by atoms with Crippen LogP contribution in [0.5, 0.6) is 0 Å². The lowest BCUT2D eigenvalue weighted by Crippen LogP contribution is -2.36. The van der Waals surface area contributed by atoms with Crippen molar-refractivity contribution in [3.05, 3.63) is 11.3 Å². The Balaban J connectivity index is 2.26. The standard InChI is InChI=1S/C11H17ClN4/c1-7(11(2)4-5-11)16(3)10-8(12)9(13)14-6-15-10/h6-7H,4-5H2,1-3H3,(H2,13,14,15). The van der Waals surface area contributed by atoms with Crippen LogP contribution in [0.3, 0.4) is 0 Å². The van der Waals surface area contributed by atoms with Gasteiger partial charge in [-0.25, -0.2) is 9.97 Å². The predicted octanol–water partition coefficient (Wildman–Crippen LogP) is 2.34. The molecule has 1 saturated carbocycles. The number of nitrogens with zero attached hydrogens (tertiary/aromatic N) is 3. The fraction of sp³-hybridized carbons (Fsp3) is 0.636. The smallest absolute Gasteiger partial charge is 0.153 e. The third-order valence-corrected chi connectivity index (χ3v) is 4.12. The van der Waals surface area contributed by atoms with Gasteiger partial charge in [-0.05, 0) is 25.2 Å². The number of hydrogen-bond donors (Lipinski definition) is 1. The van der Waals surface area contributed by atoms with Crippen molar-refractivity contribution in [3.63, 3.8) is 0 Å². The summed E-state index contributed by atoms with van der Waals surface area (Å²) in [6.07, 6.45) is 3.97. The predicted molar refractivity (Wildman–Crippen MR) is 66.7 cm³/mol. The molecule has 0 aliphatic heterocycles. The van der Waals surface area contributed by atoms with Crippen molar-refractivity contribution < 1.29 is 0 Å². The Morgan fingerprint density at radius 3 is 2.69 bits per heavy atom. The van der Waals surface area contributed by atoms with Crippen LogP contribution in [0.1, 0.15) is 26.7 Å². The quantitative estimate of drug-likeness (QED) is 0.881. The Morgan fingerprint density at radius 1 is 1.50 bits per heavy atom. The van der Waals surface area contributed by atoms with Crippen molar-refractivity contribution in [3.8, 4) is 0 Å². The zero-order valence-corrected chi connectivity index (χ0v) is 10.6. The van der Waals surface area contributed by atoms with Crippen LogP contribution in [0, 0.1) is 5.41 Å². The number of hydrogen-bond acceptors (Lipinski definition) is 4. The molecule has 0 aromatic carbocycles. The Labute approximate surface area is 101 Å². The van der Waals surface area contributed by atoms with Crippen molar-refractivity contribution in [1.82, 2.24) is 9.97 Å². The highest BCUT2D eigenvalue weighted by molar-refractivity contribution is 6.35. The highest BCUT2D eigenvalue weighted by atomic mass is 35.5. The minimum Gasteiger partial charge on any atom is -0.382 e. The van der Waals surface area contributed by atoms with Gasteiger partial charge in [0, 0.05) is 13.1 Å². The Hall–Kier alpha value is -1.03. The van der Waals surface area contributed by atoms with E-state index in [1.54, 1.807) is 0 Å². The number of nitrogens with two attached hydrogens (primary N) is 1. The molecule has 4 nitrogen and oxygen atoms in total. The molecule has 0 spiro atoms. The summed E-state index contributed by atoms with van der Waals surface area (Å²) in [5.74, 6) is 1.06. The summed E-state index contributed by atoms with van der Waals surface area (Å²) >= 11 is 6.11. The maximum atomic E-state index is 6.11. The molecule has 1 fully saturated rings. The zero-order chi connectivity index (χ0) is 11.9. The van der Waals surface area contributed by atoms with Crippen molar-refractivity contribution in [1.29, 1.82) is 0 Å². The van der Waals surface area contributed by atoms with E-state index in [9.17, 15) is 0 Å². The minimum atomic E-state index is 0.340. The summed E-state index contributed by atoms with van der Waals surface area (Å²) in [5, 5.41) is 0.445. The van der Waals surface area contributed by atoms with Crippen molar-refractivity contribution >= 4 is 23.2 Å². The van der Waals surface area contributed by atoms with E-state index in [2.05, 4.69) is 28.7 Å². The van der Waals surface area contributed by atoms with Gasteiger partial charge < -0.3 is 10.6 Å². The van der Waals surface area contributed by atoms with Crippen LogP contribution in [0.25, 0.3) is 0 Å².